The zero-order valence-corrected chi connectivity index (χ0v) is 10.3. The van der Waals surface area contributed by atoms with Crippen molar-refractivity contribution < 1.29 is 19.2 Å². The van der Waals surface area contributed by atoms with E-state index in [4.69, 9.17) is 9.57 Å². The minimum atomic E-state index is -0.284. The lowest BCUT2D eigenvalue weighted by Crippen LogP contribution is -2.24. The zero-order chi connectivity index (χ0) is 13.2. The van der Waals surface area contributed by atoms with Gasteiger partial charge < -0.3 is 4.74 Å². The van der Waals surface area contributed by atoms with E-state index < -0.39 is 0 Å². The third-order valence-corrected chi connectivity index (χ3v) is 2.15. The molecule has 5 nitrogen and oxygen atoms in total. The predicted molar refractivity (Wildman–Crippen MR) is 65.7 cm³/mol. The van der Waals surface area contributed by atoms with Crippen LogP contribution in [-0.2, 0) is 14.4 Å². The van der Waals surface area contributed by atoms with Crippen LogP contribution >= 0.6 is 0 Å². The van der Waals surface area contributed by atoms with E-state index in [-0.39, 0.29) is 11.9 Å². The van der Waals surface area contributed by atoms with E-state index in [9.17, 15) is 9.59 Å². The van der Waals surface area contributed by atoms with Crippen molar-refractivity contribution in [3.8, 4) is 0 Å². The molecule has 0 atom stereocenters. The molecule has 0 spiro atoms. The van der Waals surface area contributed by atoms with Gasteiger partial charge in [0.05, 0.1) is 13.2 Å². The maximum Gasteiger partial charge on any atom is 0.302 e. The Kier molecular flexibility index (Phi) is 6.50. The normalized spacial score (nSPS) is 9.83. The topological polar surface area (TPSA) is 64.6 Å². The summed E-state index contributed by atoms with van der Waals surface area (Å²) in [5.41, 5.74) is 2.91. The van der Waals surface area contributed by atoms with Gasteiger partial charge in [0.1, 0.15) is 0 Å². The van der Waals surface area contributed by atoms with E-state index in [2.05, 4.69) is 5.48 Å². The summed E-state index contributed by atoms with van der Waals surface area (Å²) in [6.07, 6.45) is 1.42. The SMILES string of the molecule is CC(=O)OCCCCONC(=O)c1ccccc1. The molecule has 0 aliphatic carbocycles. The number of ether oxygens (including phenoxy) is 1. The summed E-state index contributed by atoms with van der Waals surface area (Å²) in [4.78, 5) is 27.0. The maximum atomic E-state index is 11.5. The lowest BCUT2D eigenvalue weighted by molar-refractivity contribution is -0.141. The Labute approximate surface area is 106 Å². The molecule has 0 aromatic heterocycles. The van der Waals surface area contributed by atoms with E-state index in [1.165, 1.54) is 6.92 Å². The van der Waals surface area contributed by atoms with Crippen LogP contribution in [0.1, 0.15) is 30.1 Å². The fourth-order valence-electron chi connectivity index (χ4n) is 1.26. The Morgan fingerprint density at radius 1 is 1.11 bits per heavy atom. The van der Waals surface area contributed by atoms with Crippen molar-refractivity contribution in [2.24, 2.45) is 0 Å². The molecule has 1 amide bonds. The summed E-state index contributed by atoms with van der Waals surface area (Å²) >= 11 is 0. The number of carbonyl (C=O) groups is 2. The van der Waals surface area contributed by atoms with Crippen LogP contribution < -0.4 is 5.48 Å². The van der Waals surface area contributed by atoms with Gasteiger partial charge in [-0.1, -0.05) is 18.2 Å². The summed E-state index contributed by atoms with van der Waals surface area (Å²) in [6, 6.07) is 8.83. The van der Waals surface area contributed by atoms with Crippen LogP contribution in [0.3, 0.4) is 0 Å². The molecule has 0 radical (unpaired) electrons. The van der Waals surface area contributed by atoms with Gasteiger partial charge in [0.2, 0.25) is 0 Å². The number of hydrogen-bond donors (Lipinski definition) is 1. The summed E-state index contributed by atoms with van der Waals surface area (Å²) in [5.74, 6) is -0.552. The Balaban J connectivity index is 2.05. The van der Waals surface area contributed by atoms with E-state index >= 15 is 0 Å². The number of carbonyl (C=O) groups excluding carboxylic acids is 2. The molecule has 0 unspecified atom stereocenters. The van der Waals surface area contributed by atoms with Crippen LogP contribution in [0.15, 0.2) is 30.3 Å². The first kappa shape index (κ1) is 14.2. The van der Waals surface area contributed by atoms with Crippen LogP contribution in [0, 0.1) is 0 Å². The highest BCUT2D eigenvalue weighted by Gasteiger charge is 2.03. The molecule has 0 saturated heterocycles. The van der Waals surface area contributed by atoms with E-state index in [0.717, 1.165) is 0 Å². The molecule has 0 aliphatic heterocycles. The van der Waals surface area contributed by atoms with Gasteiger partial charge in [-0.2, -0.15) is 0 Å². The molecule has 0 saturated carbocycles. The number of hydroxylamine groups is 1. The van der Waals surface area contributed by atoms with Crippen molar-refractivity contribution in [3.63, 3.8) is 0 Å². The highest BCUT2D eigenvalue weighted by Crippen LogP contribution is 1.98. The van der Waals surface area contributed by atoms with Gasteiger partial charge in [0.25, 0.3) is 5.91 Å². The Bertz CT molecular complexity index is 378. The smallest absolute Gasteiger partial charge is 0.302 e. The summed E-state index contributed by atoms with van der Waals surface area (Å²) in [6.45, 7) is 2.14. The van der Waals surface area contributed by atoms with E-state index in [1.54, 1.807) is 24.3 Å². The molecule has 18 heavy (non-hydrogen) atoms. The molecule has 0 fully saturated rings. The predicted octanol–water partition coefficient (Wildman–Crippen LogP) is 1.69. The standard InChI is InChI=1S/C13H17NO4/c1-11(15)17-9-5-6-10-18-14-13(16)12-7-3-2-4-8-12/h2-4,7-8H,5-6,9-10H2,1H3,(H,14,16). The Hall–Kier alpha value is -1.88. The first-order valence-electron chi connectivity index (χ1n) is 5.80. The summed E-state index contributed by atoms with van der Waals surface area (Å²) in [7, 11) is 0. The highest BCUT2D eigenvalue weighted by molar-refractivity contribution is 5.93. The average Bonchev–Trinajstić information content (AvgIpc) is 2.38. The van der Waals surface area contributed by atoms with Crippen LogP contribution in [-0.4, -0.2) is 25.1 Å². The van der Waals surface area contributed by atoms with Crippen molar-refractivity contribution in [2.75, 3.05) is 13.2 Å². The van der Waals surface area contributed by atoms with Crippen molar-refractivity contribution in [2.45, 2.75) is 19.8 Å². The lowest BCUT2D eigenvalue weighted by Gasteiger charge is -2.05. The summed E-state index contributed by atoms with van der Waals surface area (Å²) < 4.78 is 4.76. The average molecular weight is 251 g/mol. The second-order valence-corrected chi connectivity index (χ2v) is 3.69. The number of esters is 1. The van der Waals surface area contributed by atoms with Crippen molar-refractivity contribution in [1.82, 2.24) is 5.48 Å². The molecular weight excluding hydrogens is 234 g/mol. The first-order valence-corrected chi connectivity index (χ1v) is 5.80. The number of benzene rings is 1. The molecule has 1 rings (SSSR count). The number of amides is 1. The molecule has 98 valence electrons. The number of unbranched alkanes of at least 4 members (excludes halogenated alkanes) is 1. The fourth-order valence-corrected chi connectivity index (χ4v) is 1.26. The van der Waals surface area contributed by atoms with Crippen LogP contribution in [0.2, 0.25) is 0 Å². The highest BCUT2D eigenvalue weighted by atomic mass is 16.6. The Morgan fingerprint density at radius 3 is 2.44 bits per heavy atom. The molecule has 5 heteroatoms. The Morgan fingerprint density at radius 2 is 1.78 bits per heavy atom. The van der Waals surface area contributed by atoms with Gasteiger partial charge in [0, 0.05) is 12.5 Å². The van der Waals surface area contributed by atoms with Gasteiger partial charge in [-0.15, -0.1) is 0 Å². The van der Waals surface area contributed by atoms with Gasteiger partial charge >= 0.3 is 5.97 Å². The van der Waals surface area contributed by atoms with Gasteiger partial charge in [-0.25, -0.2) is 5.48 Å². The third kappa shape index (κ3) is 6.00. The largest absolute Gasteiger partial charge is 0.466 e. The van der Waals surface area contributed by atoms with Gasteiger partial charge in [-0.05, 0) is 25.0 Å². The van der Waals surface area contributed by atoms with Crippen molar-refractivity contribution >= 4 is 11.9 Å². The molecule has 0 heterocycles. The van der Waals surface area contributed by atoms with Gasteiger partial charge in [0.15, 0.2) is 0 Å². The summed E-state index contributed by atoms with van der Waals surface area (Å²) in [5, 5.41) is 0. The molecule has 1 aromatic rings. The zero-order valence-electron chi connectivity index (χ0n) is 10.3. The molecule has 1 N–H and O–H groups in total. The van der Waals surface area contributed by atoms with Crippen LogP contribution in [0.25, 0.3) is 0 Å². The third-order valence-electron chi connectivity index (χ3n) is 2.15. The second kappa shape index (κ2) is 8.25. The first-order chi connectivity index (χ1) is 8.70. The van der Waals surface area contributed by atoms with Crippen molar-refractivity contribution in [1.29, 1.82) is 0 Å². The molecular formula is C13H17NO4. The lowest BCUT2D eigenvalue weighted by atomic mass is 10.2. The maximum absolute atomic E-state index is 11.5. The van der Waals surface area contributed by atoms with Crippen LogP contribution in [0.5, 0.6) is 0 Å². The van der Waals surface area contributed by atoms with Crippen LogP contribution in [0.4, 0.5) is 0 Å². The number of hydrogen-bond acceptors (Lipinski definition) is 4. The molecule has 0 aliphatic rings. The fraction of sp³-hybridized carbons (Fsp3) is 0.385. The number of rotatable bonds is 7. The molecule has 1 aromatic carbocycles. The van der Waals surface area contributed by atoms with E-state index in [1.807, 2.05) is 6.07 Å². The monoisotopic (exact) mass is 251 g/mol. The second-order valence-electron chi connectivity index (χ2n) is 3.69. The number of nitrogens with one attached hydrogen (secondary N) is 1. The molecule has 0 bridgehead atoms. The minimum absolute atomic E-state index is 0.268. The van der Waals surface area contributed by atoms with Gasteiger partial charge in [-0.3, -0.25) is 14.4 Å². The van der Waals surface area contributed by atoms with Crippen molar-refractivity contribution in [3.05, 3.63) is 35.9 Å². The quantitative estimate of drug-likeness (QED) is 0.455. The minimum Gasteiger partial charge on any atom is -0.466 e. The van der Waals surface area contributed by atoms with E-state index in [0.29, 0.717) is 31.6 Å².